The number of carbonyl (C=O) groups excluding carboxylic acids is 1. The van der Waals surface area contributed by atoms with E-state index in [0.29, 0.717) is 25.5 Å². The number of nitrogens with zero attached hydrogens (tertiary/aromatic N) is 5. The van der Waals surface area contributed by atoms with Gasteiger partial charge in [-0.05, 0) is 31.5 Å². The molecule has 1 aliphatic heterocycles. The van der Waals surface area contributed by atoms with Crippen LogP contribution >= 0.6 is 0 Å². The van der Waals surface area contributed by atoms with E-state index in [-0.39, 0.29) is 18.4 Å². The van der Waals surface area contributed by atoms with Crippen LogP contribution in [0.2, 0.25) is 0 Å². The fraction of sp³-hybridized carbons (Fsp3) is 0.455. The van der Waals surface area contributed by atoms with Crippen molar-refractivity contribution in [2.24, 2.45) is 0 Å². The molecule has 0 unspecified atom stereocenters. The molecule has 1 N–H and O–H groups in total. The Kier molecular flexibility index (Phi) is 6.43. The van der Waals surface area contributed by atoms with Crippen molar-refractivity contribution in [1.82, 2.24) is 29.8 Å². The highest BCUT2D eigenvalue weighted by Gasteiger charge is 2.24. The largest absolute Gasteiger partial charge is 0.497 e. The van der Waals surface area contributed by atoms with E-state index in [2.05, 4.69) is 37.4 Å². The molecule has 9 heteroatoms. The van der Waals surface area contributed by atoms with Gasteiger partial charge in [0.15, 0.2) is 0 Å². The summed E-state index contributed by atoms with van der Waals surface area (Å²) in [6.07, 6.45) is 1.72. The molecule has 1 saturated heterocycles. The minimum atomic E-state index is -0.0424. The maximum atomic E-state index is 12.9. The quantitative estimate of drug-likeness (QED) is 0.614. The van der Waals surface area contributed by atoms with Crippen LogP contribution in [0.25, 0.3) is 5.78 Å². The molecule has 1 fully saturated rings. The van der Waals surface area contributed by atoms with E-state index in [9.17, 15) is 4.79 Å². The predicted octanol–water partition coefficient (Wildman–Crippen LogP) is 1.48. The molecule has 0 saturated carbocycles. The van der Waals surface area contributed by atoms with Gasteiger partial charge in [-0.3, -0.25) is 9.69 Å². The average molecular weight is 425 g/mol. The lowest BCUT2D eigenvalue weighted by atomic mass is 10.0. The predicted molar refractivity (Wildman–Crippen MR) is 115 cm³/mol. The molecule has 0 aliphatic carbocycles. The third kappa shape index (κ3) is 4.67. The van der Waals surface area contributed by atoms with Crippen molar-refractivity contribution in [1.29, 1.82) is 0 Å². The molecule has 9 nitrogen and oxygen atoms in total. The Labute approximate surface area is 181 Å². The van der Waals surface area contributed by atoms with Crippen LogP contribution in [-0.4, -0.2) is 70.3 Å². The number of fused-ring (bicyclic) bond motifs is 1. The van der Waals surface area contributed by atoms with E-state index in [1.54, 1.807) is 11.6 Å². The molecule has 1 amide bonds. The van der Waals surface area contributed by atoms with Gasteiger partial charge in [0.25, 0.3) is 5.78 Å². The molecule has 0 spiro atoms. The monoisotopic (exact) mass is 424 g/mol. The zero-order valence-corrected chi connectivity index (χ0v) is 18.2. The van der Waals surface area contributed by atoms with Crippen LogP contribution in [0, 0.1) is 13.8 Å². The van der Waals surface area contributed by atoms with Crippen LogP contribution in [-0.2, 0) is 16.0 Å². The fourth-order valence-electron chi connectivity index (χ4n) is 4.02. The van der Waals surface area contributed by atoms with E-state index in [0.717, 1.165) is 41.4 Å². The van der Waals surface area contributed by atoms with Gasteiger partial charge in [-0.1, -0.05) is 12.1 Å². The van der Waals surface area contributed by atoms with Crippen molar-refractivity contribution in [3.63, 3.8) is 0 Å². The number of amides is 1. The van der Waals surface area contributed by atoms with E-state index >= 15 is 0 Å². The second kappa shape index (κ2) is 9.40. The van der Waals surface area contributed by atoms with Gasteiger partial charge in [-0.15, -0.1) is 0 Å². The lowest BCUT2D eigenvalue weighted by molar-refractivity contribution is -0.120. The summed E-state index contributed by atoms with van der Waals surface area (Å²) >= 11 is 0. The lowest BCUT2D eigenvalue weighted by Crippen LogP contribution is -2.44. The van der Waals surface area contributed by atoms with Crippen LogP contribution < -0.4 is 10.1 Å². The summed E-state index contributed by atoms with van der Waals surface area (Å²) in [5.74, 6) is 1.32. The van der Waals surface area contributed by atoms with Crippen molar-refractivity contribution in [3.8, 4) is 5.75 Å². The summed E-state index contributed by atoms with van der Waals surface area (Å²) in [4.78, 5) is 23.8. The van der Waals surface area contributed by atoms with Crippen molar-refractivity contribution in [3.05, 3.63) is 53.1 Å². The number of morpholine rings is 1. The van der Waals surface area contributed by atoms with Gasteiger partial charge in [0.2, 0.25) is 5.91 Å². The van der Waals surface area contributed by atoms with Crippen molar-refractivity contribution < 1.29 is 14.3 Å². The lowest BCUT2D eigenvalue weighted by Gasteiger charge is -2.35. The highest BCUT2D eigenvalue weighted by molar-refractivity contribution is 5.79. The third-order valence-corrected chi connectivity index (χ3v) is 5.81. The minimum Gasteiger partial charge on any atom is -0.497 e. The maximum Gasteiger partial charge on any atom is 0.252 e. The Balaban J connectivity index is 1.48. The summed E-state index contributed by atoms with van der Waals surface area (Å²) in [5.41, 5.74) is 3.70. The first-order valence-electron chi connectivity index (χ1n) is 10.4. The molecule has 3 heterocycles. The van der Waals surface area contributed by atoms with Crippen LogP contribution in [0.1, 0.15) is 28.6 Å². The van der Waals surface area contributed by atoms with Gasteiger partial charge in [0.05, 0.1) is 32.8 Å². The Hall–Kier alpha value is -3.04. The number of hydrogen-bond acceptors (Lipinski definition) is 7. The second-order valence-electron chi connectivity index (χ2n) is 7.65. The first-order valence-corrected chi connectivity index (χ1v) is 10.4. The minimum absolute atomic E-state index is 0.0424. The zero-order valence-electron chi connectivity index (χ0n) is 18.2. The van der Waals surface area contributed by atoms with Crippen LogP contribution in [0.5, 0.6) is 5.75 Å². The van der Waals surface area contributed by atoms with Gasteiger partial charge >= 0.3 is 0 Å². The van der Waals surface area contributed by atoms with E-state index in [4.69, 9.17) is 9.47 Å². The summed E-state index contributed by atoms with van der Waals surface area (Å²) < 4.78 is 12.5. The molecule has 0 bridgehead atoms. The summed E-state index contributed by atoms with van der Waals surface area (Å²) in [5, 5.41) is 7.33. The molecule has 1 aromatic carbocycles. The molecule has 164 valence electrons. The summed E-state index contributed by atoms with van der Waals surface area (Å²) in [6.45, 7) is 7.41. The molecular weight excluding hydrogens is 396 g/mol. The van der Waals surface area contributed by atoms with Crippen LogP contribution in [0.3, 0.4) is 0 Å². The average Bonchev–Trinajstić information content (AvgIpc) is 3.26. The Bertz CT molecular complexity index is 1040. The normalized spacial score (nSPS) is 15.7. The molecule has 0 radical (unpaired) electrons. The molecule has 31 heavy (non-hydrogen) atoms. The topological polar surface area (TPSA) is 93.9 Å². The molecule has 2 aromatic heterocycles. The van der Waals surface area contributed by atoms with E-state index in [1.807, 2.05) is 26.0 Å². The first-order chi connectivity index (χ1) is 15.1. The van der Waals surface area contributed by atoms with Gasteiger partial charge in [0, 0.05) is 36.6 Å². The zero-order chi connectivity index (χ0) is 21.8. The van der Waals surface area contributed by atoms with Gasteiger partial charge < -0.3 is 14.8 Å². The highest BCUT2D eigenvalue weighted by atomic mass is 16.5. The molecule has 1 aliphatic rings. The third-order valence-electron chi connectivity index (χ3n) is 5.81. The van der Waals surface area contributed by atoms with E-state index < -0.39 is 0 Å². The number of benzene rings is 1. The van der Waals surface area contributed by atoms with Crippen molar-refractivity contribution in [2.45, 2.75) is 26.3 Å². The Morgan fingerprint density at radius 3 is 2.68 bits per heavy atom. The number of ether oxygens (including phenoxy) is 2. The Morgan fingerprint density at radius 2 is 1.97 bits per heavy atom. The smallest absolute Gasteiger partial charge is 0.252 e. The molecule has 3 aromatic rings. The maximum absolute atomic E-state index is 12.9. The van der Waals surface area contributed by atoms with E-state index in [1.165, 1.54) is 6.33 Å². The summed E-state index contributed by atoms with van der Waals surface area (Å²) in [6, 6.07) is 8.09. The molecule has 4 rings (SSSR count). The fourth-order valence-corrected chi connectivity index (χ4v) is 4.02. The molecular formula is C22H28N6O3. The number of rotatable bonds is 7. The number of aromatic nitrogens is 4. The number of carbonyl (C=O) groups is 1. The Morgan fingerprint density at radius 1 is 1.23 bits per heavy atom. The molecule has 1 atom stereocenters. The SMILES string of the molecule is COc1ccc([C@@H](CNC(=O)Cc2c(C)nc3ncnn3c2C)N2CCOCC2)cc1. The van der Waals surface area contributed by atoms with Gasteiger partial charge in [0.1, 0.15) is 12.1 Å². The summed E-state index contributed by atoms with van der Waals surface area (Å²) in [7, 11) is 1.66. The van der Waals surface area contributed by atoms with Crippen molar-refractivity contribution in [2.75, 3.05) is 40.0 Å². The van der Waals surface area contributed by atoms with Crippen LogP contribution in [0.4, 0.5) is 0 Å². The van der Waals surface area contributed by atoms with Gasteiger partial charge in [-0.25, -0.2) is 9.50 Å². The number of methoxy groups -OCH3 is 1. The first kappa shape index (κ1) is 21.2. The van der Waals surface area contributed by atoms with Gasteiger partial charge in [-0.2, -0.15) is 10.1 Å². The number of aryl methyl sites for hydroxylation is 2. The van der Waals surface area contributed by atoms with Crippen LogP contribution in [0.15, 0.2) is 30.6 Å². The second-order valence-corrected chi connectivity index (χ2v) is 7.65. The van der Waals surface area contributed by atoms with Crippen molar-refractivity contribution >= 4 is 11.7 Å². The number of nitrogens with one attached hydrogen (secondary N) is 1. The highest BCUT2D eigenvalue weighted by Crippen LogP contribution is 2.24. The standard InChI is InChI=1S/C22H28N6O3/c1-15-19(16(2)28-22(26-15)24-14-25-28)12-21(29)23-13-20(27-8-10-31-11-9-27)17-4-6-18(30-3)7-5-17/h4-7,14,20H,8-13H2,1-3H3,(H,23,29)/t20-/m1/s1. The number of hydrogen-bond donors (Lipinski definition) is 1.